The number of rotatable bonds is 4. The molecule has 3 aromatic carbocycles. The maximum atomic E-state index is 2.64. The van der Waals surface area contributed by atoms with Crippen molar-refractivity contribution in [2.24, 2.45) is 23.7 Å². The maximum absolute atomic E-state index is 2.64. The second kappa shape index (κ2) is 13.9. The average Bonchev–Trinajstić information content (AvgIpc) is 3.19. The topological polar surface area (TPSA) is 0 Å². The molecule has 3 aliphatic rings. The molecule has 42 heavy (non-hydrogen) atoms. The zero-order chi connectivity index (χ0) is 27.5. The number of fused-ring (bicyclic) bond motifs is 3. The molecule has 0 bridgehead atoms. The molecular formula is C37H43Cl3SiTi. The zero-order valence-corrected chi connectivity index (χ0v) is 30.6. The van der Waals surface area contributed by atoms with Crippen molar-refractivity contribution < 1.29 is 57.7 Å². The standard InChI is InChI=1S/C37H43Si.3ClH.Ti/c1-24-15-25(2)19-30(18-24)38(31-20-26(3)16-27(4)21-31,32-22-28(5)17-29(6)23-32)37-35-13-9-7-11-33(35)34-12-8-10-14-36(34)37;;;;/h7,9,11,13-23,33-37H,8,10,12H2,1-6H3;3*1H;/q;;;;+3/p-3. The summed E-state index contributed by atoms with van der Waals surface area (Å²) in [5.41, 5.74) is 9.03. The van der Waals surface area contributed by atoms with Gasteiger partial charge in [0.05, 0.1) is 0 Å². The van der Waals surface area contributed by atoms with Crippen LogP contribution in [0.4, 0.5) is 0 Å². The molecule has 0 nitrogen and oxygen atoms in total. The second-order valence-electron chi connectivity index (χ2n) is 13.2. The van der Waals surface area contributed by atoms with Crippen molar-refractivity contribution in [2.45, 2.75) is 70.6 Å². The normalized spacial score (nSPS) is 25.9. The molecule has 0 aromatic heterocycles. The summed E-state index contributed by atoms with van der Waals surface area (Å²) in [6.07, 6.45) is 14.1. The largest absolute Gasteiger partial charge is 1.00 e. The van der Waals surface area contributed by atoms with E-state index in [2.05, 4.69) is 141 Å². The van der Waals surface area contributed by atoms with Crippen molar-refractivity contribution >= 4 is 23.6 Å². The first-order valence-corrected chi connectivity index (χ1v) is 18.0. The van der Waals surface area contributed by atoms with E-state index in [1.54, 1.807) is 15.6 Å². The van der Waals surface area contributed by atoms with Gasteiger partial charge < -0.3 is 37.2 Å². The molecule has 3 aromatic rings. The SMILES string of the molecule is Cc1cc(C)cc([Si](c2cc(C)cc(C)c2)(c2cc(C)cc(C)c2)C2C3C=CC=CC3C3CCC[CH]([Ti+3])C32)c1.[Cl-].[Cl-].[Cl-]. The third-order valence-corrected chi connectivity index (χ3v) is 16.5. The van der Waals surface area contributed by atoms with Crippen LogP contribution in [0.15, 0.2) is 78.9 Å². The molecule has 0 radical (unpaired) electrons. The number of hydrogen-bond donors (Lipinski definition) is 0. The van der Waals surface area contributed by atoms with Gasteiger partial charge in [0.1, 0.15) is 0 Å². The van der Waals surface area contributed by atoms with E-state index >= 15 is 0 Å². The fourth-order valence-corrected chi connectivity index (χ4v) is 17.4. The minimum atomic E-state index is -2.52. The van der Waals surface area contributed by atoms with Crippen LogP contribution >= 0.6 is 0 Å². The van der Waals surface area contributed by atoms with E-state index in [-0.39, 0.29) is 37.2 Å². The number of halogens is 3. The number of allylic oxidation sites excluding steroid dienone is 4. The molecule has 0 heterocycles. The van der Waals surface area contributed by atoms with Crippen molar-refractivity contribution in [3.63, 3.8) is 0 Å². The second-order valence-corrected chi connectivity index (χ2v) is 18.3. The van der Waals surface area contributed by atoms with Crippen LogP contribution in [0.3, 0.4) is 0 Å². The van der Waals surface area contributed by atoms with E-state index in [9.17, 15) is 0 Å². The first-order valence-electron chi connectivity index (χ1n) is 15.0. The summed E-state index contributed by atoms with van der Waals surface area (Å²) in [5.74, 6) is 2.80. The summed E-state index contributed by atoms with van der Waals surface area (Å²) in [7, 11) is -2.52. The van der Waals surface area contributed by atoms with Gasteiger partial charge in [0.2, 0.25) is 0 Å². The third-order valence-electron chi connectivity index (χ3n) is 10.1. The molecule has 6 unspecified atom stereocenters. The number of aryl methyl sites for hydroxylation is 6. The fourth-order valence-electron chi connectivity index (χ4n) is 9.17. The number of hydrogen-bond acceptors (Lipinski definition) is 0. The van der Waals surface area contributed by atoms with Gasteiger partial charge in [-0.25, -0.2) is 0 Å². The van der Waals surface area contributed by atoms with Gasteiger partial charge in [0.25, 0.3) is 0 Å². The monoisotopic (exact) mass is 668 g/mol. The van der Waals surface area contributed by atoms with Crippen LogP contribution in [0, 0.1) is 65.2 Å². The van der Waals surface area contributed by atoms with Gasteiger partial charge >= 0.3 is 251 Å². The van der Waals surface area contributed by atoms with Crippen LogP contribution in [0.25, 0.3) is 0 Å². The Balaban J connectivity index is 0.00000161. The summed E-state index contributed by atoms with van der Waals surface area (Å²) in [5, 5.41) is 4.88. The van der Waals surface area contributed by atoms with Crippen LogP contribution in [-0.2, 0) is 20.4 Å². The Morgan fingerprint density at radius 2 is 0.929 bits per heavy atom. The Kier molecular flexibility index (Phi) is 11.7. The third kappa shape index (κ3) is 6.09. The Hall–Kier alpha value is -1.06. The van der Waals surface area contributed by atoms with Crippen LogP contribution in [0.2, 0.25) is 9.76 Å². The van der Waals surface area contributed by atoms with Gasteiger partial charge in [0, 0.05) is 0 Å². The van der Waals surface area contributed by atoms with E-state index in [0.717, 1.165) is 16.1 Å². The van der Waals surface area contributed by atoms with Gasteiger partial charge in [-0.1, -0.05) is 0 Å². The van der Waals surface area contributed by atoms with Crippen molar-refractivity contribution in [3.8, 4) is 0 Å². The van der Waals surface area contributed by atoms with Gasteiger partial charge in [-0.05, 0) is 0 Å². The van der Waals surface area contributed by atoms with Crippen LogP contribution in [0.1, 0.15) is 52.6 Å². The minimum absolute atomic E-state index is 0. The van der Waals surface area contributed by atoms with E-state index in [0.29, 0.717) is 17.4 Å². The molecule has 2 saturated carbocycles. The molecule has 5 heteroatoms. The predicted octanol–water partition coefficient (Wildman–Crippen LogP) is -1.49. The Labute approximate surface area is 285 Å². The smallest absolute Gasteiger partial charge is 1.00 e. The minimum Gasteiger partial charge on any atom is -1.00 e. The van der Waals surface area contributed by atoms with E-state index in [4.69, 9.17) is 0 Å². The first kappa shape index (κ1) is 35.4. The quantitative estimate of drug-likeness (QED) is 0.235. The summed E-state index contributed by atoms with van der Waals surface area (Å²) in [6.45, 7) is 13.9. The summed E-state index contributed by atoms with van der Waals surface area (Å²) in [4.78, 5) is 0. The molecular weight excluding hydrogens is 627 g/mol. The summed E-state index contributed by atoms with van der Waals surface area (Å²) >= 11 is 2.60. The van der Waals surface area contributed by atoms with Gasteiger partial charge in [-0.3, -0.25) is 0 Å². The van der Waals surface area contributed by atoms with Crippen LogP contribution in [0.5, 0.6) is 0 Å². The molecule has 3 aliphatic carbocycles. The van der Waals surface area contributed by atoms with Gasteiger partial charge in [-0.2, -0.15) is 0 Å². The van der Waals surface area contributed by atoms with E-state index < -0.39 is 8.07 Å². The van der Waals surface area contributed by atoms with Crippen LogP contribution < -0.4 is 52.8 Å². The molecule has 6 atom stereocenters. The van der Waals surface area contributed by atoms with Crippen molar-refractivity contribution in [2.75, 3.05) is 0 Å². The van der Waals surface area contributed by atoms with E-state index in [1.165, 1.54) is 52.6 Å². The van der Waals surface area contributed by atoms with Crippen molar-refractivity contribution in [1.82, 2.24) is 0 Å². The molecule has 220 valence electrons. The Morgan fingerprint density at radius 1 is 0.548 bits per heavy atom. The van der Waals surface area contributed by atoms with Gasteiger partial charge in [0.15, 0.2) is 0 Å². The zero-order valence-electron chi connectivity index (χ0n) is 25.7. The molecule has 0 saturated heterocycles. The van der Waals surface area contributed by atoms with Crippen molar-refractivity contribution in [1.29, 1.82) is 0 Å². The molecule has 0 aliphatic heterocycles. The van der Waals surface area contributed by atoms with Crippen molar-refractivity contribution in [3.05, 3.63) is 112 Å². The van der Waals surface area contributed by atoms with E-state index in [1.807, 2.05) is 0 Å². The molecule has 2 fully saturated rings. The predicted molar refractivity (Wildman–Crippen MR) is 166 cm³/mol. The van der Waals surface area contributed by atoms with Gasteiger partial charge in [-0.15, -0.1) is 0 Å². The molecule has 6 rings (SSSR count). The average molecular weight is 670 g/mol. The maximum Gasteiger partial charge on any atom is -1.00 e. The fraction of sp³-hybridized carbons (Fsp3) is 0.405. The molecule has 0 spiro atoms. The van der Waals surface area contributed by atoms with Crippen LogP contribution in [-0.4, -0.2) is 8.07 Å². The molecule has 0 amide bonds. The number of benzene rings is 3. The Bertz CT molecular complexity index is 1290. The molecule has 0 N–H and O–H groups in total. The first-order chi connectivity index (χ1) is 18.7. The summed E-state index contributed by atoms with van der Waals surface area (Å²) < 4.78 is 0.760. The summed E-state index contributed by atoms with van der Waals surface area (Å²) in [6, 6.07) is 22.7. The Morgan fingerprint density at radius 3 is 1.33 bits per heavy atom.